The van der Waals surface area contributed by atoms with Crippen LogP contribution in [-0.2, 0) is 13.6 Å². The number of likely N-dealkylation sites (tertiary alicyclic amines) is 1. The van der Waals surface area contributed by atoms with Gasteiger partial charge in [0.15, 0.2) is 0 Å². The highest BCUT2D eigenvalue weighted by Gasteiger charge is 2.19. The first-order valence-electron chi connectivity index (χ1n) is 5.72. The number of aromatic nitrogens is 2. The second-order valence-electron chi connectivity index (χ2n) is 4.41. The molecule has 1 aliphatic heterocycles. The molecule has 1 fully saturated rings. The molecule has 0 radical (unpaired) electrons. The minimum absolute atomic E-state index is 0.758. The molecule has 2 rings (SSSR count). The Hall–Kier alpha value is -1.07. The molecule has 0 aliphatic carbocycles. The van der Waals surface area contributed by atoms with E-state index in [0.29, 0.717) is 0 Å². The van der Waals surface area contributed by atoms with Gasteiger partial charge in [-0.15, -0.1) is 0 Å². The Morgan fingerprint density at radius 2 is 2.06 bits per heavy atom. The van der Waals surface area contributed by atoms with Crippen molar-refractivity contribution >= 4 is 17.3 Å². The van der Waals surface area contributed by atoms with E-state index in [9.17, 15) is 0 Å². The fraction of sp³-hybridized carbons (Fsp3) is 0.636. The van der Waals surface area contributed by atoms with Crippen LogP contribution in [0.5, 0.6) is 0 Å². The zero-order valence-corrected chi connectivity index (χ0v) is 10.9. The largest absolute Gasteiger partial charge is 0.411 e. The molecule has 1 aromatic heterocycles. The number of aryl methyl sites for hydroxylation is 2. The first-order valence-corrected chi connectivity index (χ1v) is 6.09. The molecule has 6 heteroatoms. The van der Waals surface area contributed by atoms with Crippen LogP contribution in [0.2, 0.25) is 5.02 Å². The van der Waals surface area contributed by atoms with Crippen LogP contribution in [0.25, 0.3) is 0 Å². The maximum atomic E-state index is 8.69. The molecule has 0 aromatic carbocycles. The summed E-state index contributed by atoms with van der Waals surface area (Å²) in [6, 6.07) is 0. The summed E-state index contributed by atoms with van der Waals surface area (Å²) in [7, 11) is 1.92. The van der Waals surface area contributed by atoms with Crippen LogP contribution in [0.15, 0.2) is 5.16 Å². The third-order valence-corrected chi connectivity index (χ3v) is 3.70. The van der Waals surface area contributed by atoms with Gasteiger partial charge in [-0.2, -0.15) is 5.10 Å². The van der Waals surface area contributed by atoms with Crippen LogP contribution in [0.4, 0.5) is 0 Å². The van der Waals surface area contributed by atoms with Gasteiger partial charge < -0.3 is 5.21 Å². The predicted molar refractivity (Wildman–Crippen MR) is 66.7 cm³/mol. The smallest absolute Gasteiger partial charge is 0.0860 e. The van der Waals surface area contributed by atoms with Crippen molar-refractivity contribution in [1.29, 1.82) is 0 Å². The first-order chi connectivity index (χ1) is 8.11. The molecule has 0 unspecified atom stereocenters. The van der Waals surface area contributed by atoms with Gasteiger partial charge in [0, 0.05) is 39.5 Å². The van der Waals surface area contributed by atoms with Crippen molar-refractivity contribution in [2.45, 2.75) is 26.3 Å². The first kappa shape index (κ1) is 12.4. The monoisotopic (exact) mass is 256 g/mol. The maximum absolute atomic E-state index is 8.69. The van der Waals surface area contributed by atoms with Crippen LogP contribution >= 0.6 is 11.6 Å². The lowest BCUT2D eigenvalue weighted by molar-refractivity contribution is 0.250. The molecule has 0 saturated carbocycles. The van der Waals surface area contributed by atoms with E-state index in [0.717, 1.165) is 54.6 Å². The topological polar surface area (TPSA) is 53.7 Å². The molecule has 0 spiro atoms. The van der Waals surface area contributed by atoms with Gasteiger partial charge in [0.25, 0.3) is 0 Å². The van der Waals surface area contributed by atoms with E-state index in [2.05, 4.69) is 15.2 Å². The minimum atomic E-state index is 0.758. The zero-order valence-electron chi connectivity index (χ0n) is 10.1. The molecular formula is C11H17ClN4O. The lowest BCUT2D eigenvalue weighted by atomic mass is 10.1. The van der Waals surface area contributed by atoms with Crippen LogP contribution in [-0.4, -0.2) is 38.7 Å². The standard InChI is InChI=1S/C11H17ClN4O/c1-8-11(12)10(15(2)13-8)7-16-5-3-9(14-17)4-6-16/h17H,3-7H2,1-2H3. The summed E-state index contributed by atoms with van der Waals surface area (Å²) >= 11 is 6.22. The Kier molecular flexibility index (Phi) is 3.69. The Morgan fingerprint density at radius 3 is 2.53 bits per heavy atom. The van der Waals surface area contributed by atoms with Gasteiger partial charge in [-0.05, 0) is 6.92 Å². The summed E-state index contributed by atoms with van der Waals surface area (Å²) in [6.45, 7) is 4.52. The lowest BCUT2D eigenvalue weighted by Gasteiger charge is -2.26. The van der Waals surface area contributed by atoms with Crippen molar-refractivity contribution < 1.29 is 5.21 Å². The molecule has 1 N–H and O–H groups in total. The number of hydrogen-bond acceptors (Lipinski definition) is 4. The number of nitrogens with zero attached hydrogens (tertiary/aromatic N) is 4. The van der Waals surface area contributed by atoms with Gasteiger partial charge >= 0.3 is 0 Å². The molecule has 5 nitrogen and oxygen atoms in total. The number of hydrogen-bond donors (Lipinski definition) is 1. The van der Waals surface area contributed by atoms with Crippen LogP contribution in [0, 0.1) is 6.92 Å². The molecule has 1 aromatic rings. The molecule has 1 saturated heterocycles. The van der Waals surface area contributed by atoms with Crippen molar-refractivity contribution in [3.05, 3.63) is 16.4 Å². The Bertz CT molecular complexity index is 431. The van der Waals surface area contributed by atoms with E-state index in [4.69, 9.17) is 16.8 Å². The number of rotatable bonds is 2. The van der Waals surface area contributed by atoms with Crippen molar-refractivity contribution in [3.63, 3.8) is 0 Å². The van der Waals surface area contributed by atoms with Crippen molar-refractivity contribution in [2.75, 3.05) is 13.1 Å². The number of oxime groups is 1. The molecule has 0 amide bonds. The van der Waals surface area contributed by atoms with E-state index < -0.39 is 0 Å². The molecule has 2 heterocycles. The van der Waals surface area contributed by atoms with Crippen LogP contribution in [0.1, 0.15) is 24.2 Å². The SMILES string of the molecule is Cc1nn(C)c(CN2CCC(=NO)CC2)c1Cl. The minimum Gasteiger partial charge on any atom is -0.411 e. The average molecular weight is 257 g/mol. The number of piperidine rings is 1. The second kappa shape index (κ2) is 5.06. The third-order valence-electron chi connectivity index (χ3n) is 3.21. The number of halogens is 1. The molecule has 0 bridgehead atoms. The van der Waals surface area contributed by atoms with Gasteiger partial charge in [0.1, 0.15) is 0 Å². The molecule has 17 heavy (non-hydrogen) atoms. The summed E-state index contributed by atoms with van der Waals surface area (Å²) in [5.74, 6) is 0. The maximum Gasteiger partial charge on any atom is 0.0860 e. The van der Waals surface area contributed by atoms with Gasteiger partial charge in [-0.25, -0.2) is 0 Å². The molecule has 94 valence electrons. The fourth-order valence-electron chi connectivity index (χ4n) is 2.13. The second-order valence-corrected chi connectivity index (χ2v) is 4.79. The van der Waals surface area contributed by atoms with Crippen LogP contribution in [0.3, 0.4) is 0 Å². The Balaban J connectivity index is 2.02. The highest BCUT2D eigenvalue weighted by molar-refractivity contribution is 6.31. The quantitative estimate of drug-likeness (QED) is 0.649. The summed E-state index contributed by atoms with van der Waals surface area (Å²) in [5.41, 5.74) is 2.81. The third kappa shape index (κ3) is 2.61. The normalized spacial score (nSPS) is 17.5. The summed E-state index contributed by atoms with van der Waals surface area (Å²) in [4.78, 5) is 2.30. The molecule has 0 atom stereocenters. The van der Waals surface area contributed by atoms with Crippen molar-refractivity contribution in [3.8, 4) is 0 Å². The lowest BCUT2D eigenvalue weighted by Crippen LogP contribution is -2.34. The summed E-state index contributed by atoms with van der Waals surface area (Å²) in [6.07, 6.45) is 1.65. The van der Waals surface area contributed by atoms with Crippen molar-refractivity contribution in [1.82, 2.24) is 14.7 Å². The van der Waals surface area contributed by atoms with E-state index in [1.807, 2.05) is 18.7 Å². The van der Waals surface area contributed by atoms with Crippen LogP contribution < -0.4 is 0 Å². The summed E-state index contributed by atoms with van der Waals surface area (Å²) < 4.78 is 1.84. The van der Waals surface area contributed by atoms with E-state index in [-0.39, 0.29) is 0 Å². The highest BCUT2D eigenvalue weighted by atomic mass is 35.5. The van der Waals surface area contributed by atoms with Gasteiger partial charge in [0.05, 0.1) is 22.1 Å². The highest BCUT2D eigenvalue weighted by Crippen LogP contribution is 2.22. The molecule has 1 aliphatic rings. The average Bonchev–Trinajstić information content (AvgIpc) is 2.57. The Morgan fingerprint density at radius 1 is 1.41 bits per heavy atom. The van der Waals surface area contributed by atoms with Crippen molar-refractivity contribution in [2.24, 2.45) is 12.2 Å². The Labute approximate surface area is 106 Å². The summed E-state index contributed by atoms with van der Waals surface area (Å²) in [5, 5.41) is 17.0. The fourth-order valence-corrected chi connectivity index (χ4v) is 2.35. The van der Waals surface area contributed by atoms with Gasteiger partial charge in [0.2, 0.25) is 0 Å². The zero-order chi connectivity index (χ0) is 12.4. The van der Waals surface area contributed by atoms with E-state index >= 15 is 0 Å². The van der Waals surface area contributed by atoms with E-state index in [1.54, 1.807) is 0 Å². The predicted octanol–water partition coefficient (Wildman–Crippen LogP) is 1.81. The van der Waals surface area contributed by atoms with Gasteiger partial charge in [-0.3, -0.25) is 9.58 Å². The molecular weight excluding hydrogens is 240 g/mol. The van der Waals surface area contributed by atoms with E-state index in [1.165, 1.54) is 0 Å². The van der Waals surface area contributed by atoms with Gasteiger partial charge in [-0.1, -0.05) is 16.8 Å².